The number of hydroxylamine groups is 1. The Kier molecular flexibility index (Phi) is 17.8. The van der Waals surface area contributed by atoms with Crippen LogP contribution in [0.5, 0.6) is 0 Å². The fourth-order valence-electron chi connectivity index (χ4n) is 5.29. The third-order valence-electron chi connectivity index (χ3n) is 6.99. The Morgan fingerprint density at radius 2 is 0.964 bits per heavy atom. The smallest absolute Gasteiger partial charge is 0.431 e. The van der Waals surface area contributed by atoms with Crippen molar-refractivity contribution in [1.82, 2.24) is 10.8 Å². The normalized spacial score (nSPS) is 27.2. The standard InChI is InChI=1S/C33H48N2O21/c1-14(36)45-11-21-25(55-31-29(52-20(7)42)27(50-18(5)40)24(48-16(3)38)22(54-31)12-46-15(2)37)26(49-17(4)39)28(51-19(6)41)30(53-21)34-23(43)13-47-35-32(44)56-33(8,9)10/h21-22,24-31H,11-13H2,1-10H3,(H,34,43)(H,35,44). The Hall–Kier alpha value is -5.13. The van der Waals surface area contributed by atoms with E-state index in [0.717, 1.165) is 48.5 Å². The van der Waals surface area contributed by atoms with Gasteiger partial charge in [0.25, 0.3) is 5.91 Å². The van der Waals surface area contributed by atoms with Gasteiger partial charge in [0.15, 0.2) is 49.6 Å². The summed E-state index contributed by atoms with van der Waals surface area (Å²) in [6.45, 7) is 9.72. The maximum Gasteiger partial charge on any atom is 0.431 e. The third-order valence-corrected chi connectivity index (χ3v) is 6.99. The minimum Gasteiger partial charge on any atom is -0.463 e. The Labute approximate surface area is 320 Å². The summed E-state index contributed by atoms with van der Waals surface area (Å²) in [5.41, 5.74) is 1.02. The van der Waals surface area contributed by atoms with Crippen LogP contribution in [-0.4, -0.2) is 141 Å². The summed E-state index contributed by atoms with van der Waals surface area (Å²) < 4.78 is 60.8. The Bertz CT molecular complexity index is 1460. The van der Waals surface area contributed by atoms with Gasteiger partial charge in [-0.3, -0.25) is 43.2 Å². The minimum absolute atomic E-state index is 0.627. The zero-order valence-corrected chi connectivity index (χ0v) is 32.5. The van der Waals surface area contributed by atoms with Gasteiger partial charge >= 0.3 is 47.9 Å². The van der Waals surface area contributed by atoms with Crippen LogP contribution >= 0.6 is 0 Å². The van der Waals surface area contributed by atoms with Crippen LogP contribution in [0.25, 0.3) is 0 Å². The van der Waals surface area contributed by atoms with E-state index in [4.69, 9.17) is 56.9 Å². The summed E-state index contributed by atoms with van der Waals surface area (Å²) in [7, 11) is 0. The van der Waals surface area contributed by atoms with Crippen LogP contribution in [0.15, 0.2) is 0 Å². The lowest BCUT2D eigenvalue weighted by atomic mass is 9.95. The van der Waals surface area contributed by atoms with E-state index >= 15 is 0 Å². The molecular weight excluding hydrogens is 760 g/mol. The van der Waals surface area contributed by atoms with E-state index in [2.05, 4.69) is 5.32 Å². The fourth-order valence-corrected chi connectivity index (χ4v) is 5.29. The quantitative estimate of drug-likeness (QED) is 0.116. The van der Waals surface area contributed by atoms with Crippen molar-refractivity contribution in [2.24, 2.45) is 0 Å². The first-order chi connectivity index (χ1) is 26.0. The lowest BCUT2D eigenvalue weighted by Gasteiger charge is -2.48. The van der Waals surface area contributed by atoms with Crippen molar-refractivity contribution in [3.8, 4) is 0 Å². The Morgan fingerprint density at radius 1 is 0.536 bits per heavy atom. The van der Waals surface area contributed by atoms with Crippen molar-refractivity contribution in [3.05, 3.63) is 0 Å². The lowest BCUT2D eigenvalue weighted by molar-refractivity contribution is -0.345. The number of carbonyl (C=O) groups is 9. The zero-order valence-electron chi connectivity index (χ0n) is 32.5. The molecule has 0 aromatic carbocycles. The Balaban J connectivity index is 2.64. The van der Waals surface area contributed by atoms with Crippen LogP contribution in [0.3, 0.4) is 0 Å². The van der Waals surface area contributed by atoms with Crippen molar-refractivity contribution >= 4 is 53.8 Å². The van der Waals surface area contributed by atoms with Crippen LogP contribution in [0.1, 0.15) is 69.2 Å². The second-order valence-corrected chi connectivity index (χ2v) is 13.2. The number of hydrogen-bond acceptors (Lipinski definition) is 21. The van der Waals surface area contributed by atoms with Crippen molar-refractivity contribution in [2.75, 3.05) is 19.8 Å². The van der Waals surface area contributed by atoms with Crippen LogP contribution in [-0.2, 0) is 95.3 Å². The summed E-state index contributed by atoms with van der Waals surface area (Å²) in [6.07, 6.45) is -17.9. The molecule has 56 heavy (non-hydrogen) atoms. The van der Waals surface area contributed by atoms with Gasteiger partial charge in [0.1, 0.15) is 37.1 Å². The molecule has 2 amide bonds. The molecule has 2 aliphatic heterocycles. The van der Waals surface area contributed by atoms with Crippen molar-refractivity contribution in [1.29, 1.82) is 0 Å². The van der Waals surface area contributed by atoms with Gasteiger partial charge in [0, 0.05) is 48.5 Å². The highest BCUT2D eigenvalue weighted by Gasteiger charge is 2.57. The van der Waals surface area contributed by atoms with Gasteiger partial charge < -0.3 is 57.4 Å². The molecule has 2 heterocycles. The molecule has 0 radical (unpaired) electrons. The number of ether oxygens (including phenoxy) is 11. The molecule has 0 spiro atoms. The van der Waals surface area contributed by atoms with Crippen LogP contribution in [0, 0.1) is 0 Å². The molecule has 2 rings (SSSR count). The van der Waals surface area contributed by atoms with Gasteiger partial charge in [-0.05, 0) is 20.8 Å². The Morgan fingerprint density at radius 3 is 1.43 bits per heavy atom. The van der Waals surface area contributed by atoms with Crippen LogP contribution in [0.4, 0.5) is 4.79 Å². The number of amides is 2. The first kappa shape index (κ1) is 47.0. The molecule has 0 bridgehead atoms. The number of esters is 7. The van der Waals surface area contributed by atoms with Gasteiger partial charge in [-0.1, -0.05) is 0 Å². The molecule has 23 heteroatoms. The van der Waals surface area contributed by atoms with Gasteiger partial charge in [0.05, 0.1) is 0 Å². The molecule has 0 aromatic rings. The number of hydrogen-bond donors (Lipinski definition) is 2. The third kappa shape index (κ3) is 15.9. The van der Waals surface area contributed by atoms with E-state index in [9.17, 15) is 43.2 Å². The summed E-state index contributed by atoms with van der Waals surface area (Å²) in [4.78, 5) is 115. The fraction of sp³-hybridized carbons (Fsp3) is 0.727. The van der Waals surface area contributed by atoms with Crippen molar-refractivity contribution in [3.63, 3.8) is 0 Å². The summed E-state index contributed by atoms with van der Waals surface area (Å²) in [5.74, 6) is -7.36. The van der Waals surface area contributed by atoms with E-state index in [0.29, 0.717) is 0 Å². The maximum absolute atomic E-state index is 13.0. The highest BCUT2D eigenvalue weighted by Crippen LogP contribution is 2.35. The number of rotatable bonds is 15. The molecule has 2 fully saturated rings. The number of carbonyl (C=O) groups excluding carboxylic acids is 9. The van der Waals surface area contributed by atoms with Crippen LogP contribution < -0.4 is 10.8 Å². The predicted molar refractivity (Wildman–Crippen MR) is 177 cm³/mol. The molecule has 0 aliphatic carbocycles. The molecule has 2 aliphatic rings. The summed E-state index contributed by atoms with van der Waals surface area (Å²) in [5, 5.41) is 2.37. The van der Waals surface area contributed by atoms with Gasteiger partial charge in [-0.25, -0.2) is 4.79 Å². The first-order valence-corrected chi connectivity index (χ1v) is 17.0. The minimum atomic E-state index is -1.89. The van der Waals surface area contributed by atoms with Crippen molar-refractivity contribution < 1.29 is 100 Å². The SMILES string of the molecule is CC(=O)OCC1OC(NC(=O)CONC(=O)OC(C)(C)C)C(OC(C)=O)C(OC(C)=O)C1OC1OC(COC(C)=O)C(OC(C)=O)C(OC(C)=O)C1OC(C)=O. The summed E-state index contributed by atoms with van der Waals surface area (Å²) >= 11 is 0. The van der Waals surface area contributed by atoms with Crippen LogP contribution in [0.2, 0.25) is 0 Å². The lowest BCUT2D eigenvalue weighted by Crippen LogP contribution is -2.69. The largest absolute Gasteiger partial charge is 0.463 e. The molecule has 23 nitrogen and oxygen atoms in total. The molecular formula is C33H48N2O21. The van der Waals surface area contributed by atoms with E-state index in [-0.39, 0.29) is 0 Å². The van der Waals surface area contributed by atoms with Crippen molar-refractivity contribution in [2.45, 2.75) is 136 Å². The molecule has 0 saturated carbocycles. The zero-order chi connectivity index (χ0) is 42.5. The molecule has 10 atom stereocenters. The highest BCUT2D eigenvalue weighted by molar-refractivity contribution is 5.78. The maximum atomic E-state index is 13.0. The van der Waals surface area contributed by atoms with E-state index in [1.165, 1.54) is 0 Å². The second kappa shape index (κ2) is 21.2. The van der Waals surface area contributed by atoms with Gasteiger partial charge in [-0.15, -0.1) is 0 Å². The molecule has 2 saturated heterocycles. The van der Waals surface area contributed by atoms with E-state index < -0.39 is 141 Å². The first-order valence-electron chi connectivity index (χ1n) is 17.0. The van der Waals surface area contributed by atoms with E-state index in [1.54, 1.807) is 20.8 Å². The topological polar surface area (TPSA) is 288 Å². The highest BCUT2D eigenvalue weighted by atomic mass is 16.8. The molecule has 0 aromatic heterocycles. The average Bonchev–Trinajstić information content (AvgIpc) is 3.02. The molecule has 10 unspecified atom stereocenters. The number of nitrogens with one attached hydrogen (secondary N) is 2. The van der Waals surface area contributed by atoms with Gasteiger partial charge in [0.2, 0.25) is 0 Å². The van der Waals surface area contributed by atoms with Gasteiger partial charge in [-0.2, -0.15) is 5.48 Å². The summed E-state index contributed by atoms with van der Waals surface area (Å²) in [6, 6.07) is 0. The predicted octanol–water partition coefficient (Wildman–Crippen LogP) is -0.821. The molecule has 316 valence electrons. The molecule has 2 N–H and O–H groups in total. The van der Waals surface area contributed by atoms with E-state index in [1.807, 2.05) is 5.48 Å². The second-order valence-electron chi connectivity index (χ2n) is 13.2. The average molecular weight is 809 g/mol. The monoisotopic (exact) mass is 808 g/mol.